The molecule has 0 bridgehead atoms. The van der Waals surface area contributed by atoms with Gasteiger partial charge in [-0.15, -0.1) is 0 Å². The maximum Gasteiger partial charge on any atom is 0.239 e. The van der Waals surface area contributed by atoms with Crippen molar-refractivity contribution < 1.29 is 4.79 Å². The largest absolute Gasteiger partial charge is 0.352 e. The van der Waals surface area contributed by atoms with E-state index in [2.05, 4.69) is 14.9 Å². The summed E-state index contributed by atoms with van der Waals surface area (Å²) >= 11 is 6.02. The topological polar surface area (TPSA) is 75.4 Å². The number of piperazine rings is 1. The summed E-state index contributed by atoms with van der Waals surface area (Å²) in [6, 6.07) is 14.9. The van der Waals surface area contributed by atoms with Crippen molar-refractivity contribution in [1.29, 1.82) is 0 Å². The number of nitrogens with two attached hydrogens (primary N) is 1. The third kappa shape index (κ3) is 3.93. The minimum atomic E-state index is -0.565. The number of hydrogen-bond acceptors (Lipinski definition) is 5. The van der Waals surface area contributed by atoms with Gasteiger partial charge in [0.15, 0.2) is 0 Å². The van der Waals surface area contributed by atoms with E-state index in [-0.39, 0.29) is 5.91 Å². The Bertz CT molecular complexity index is 982. The van der Waals surface area contributed by atoms with E-state index in [1.807, 2.05) is 53.4 Å². The van der Waals surface area contributed by atoms with Crippen LogP contribution in [-0.4, -0.2) is 53.0 Å². The summed E-state index contributed by atoms with van der Waals surface area (Å²) < 4.78 is 0. The highest BCUT2D eigenvalue weighted by Gasteiger charge is 2.26. The van der Waals surface area contributed by atoms with Crippen LogP contribution >= 0.6 is 11.6 Å². The molecule has 3 aromatic rings. The number of amides is 1. The second kappa shape index (κ2) is 8.12. The highest BCUT2D eigenvalue weighted by atomic mass is 35.5. The Kier molecular flexibility index (Phi) is 5.41. The minimum absolute atomic E-state index is 0.0211. The molecule has 1 aliphatic heterocycles. The van der Waals surface area contributed by atoms with Gasteiger partial charge in [0.05, 0.1) is 11.6 Å². The molecule has 144 valence electrons. The van der Waals surface area contributed by atoms with Gasteiger partial charge in [0, 0.05) is 36.6 Å². The Balaban J connectivity index is 1.40. The van der Waals surface area contributed by atoms with E-state index in [0.29, 0.717) is 24.5 Å². The summed E-state index contributed by atoms with van der Waals surface area (Å²) in [6.07, 6.45) is 2.08. The number of para-hydroxylation sites is 1. The van der Waals surface area contributed by atoms with Crippen molar-refractivity contribution in [2.24, 2.45) is 5.73 Å². The maximum absolute atomic E-state index is 12.8. The van der Waals surface area contributed by atoms with Gasteiger partial charge in [-0.3, -0.25) is 4.79 Å². The average Bonchev–Trinajstić information content (AvgIpc) is 2.73. The molecule has 7 heteroatoms. The van der Waals surface area contributed by atoms with Gasteiger partial charge in [-0.25, -0.2) is 9.97 Å². The van der Waals surface area contributed by atoms with Crippen molar-refractivity contribution in [2.45, 2.75) is 12.5 Å². The molecule has 1 aromatic heterocycles. The van der Waals surface area contributed by atoms with Crippen LogP contribution in [0.3, 0.4) is 0 Å². The number of fused-ring (bicyclic) bond motifs is 1. The van der Waals surface area contributed by atoms with Crippen molar-refractivity contribution in [3.05, 3.63) is 65.4 Å². The van der Waals surface area contributed by atoms with Crippen LogP contribution in [0.4, 0.5) is 5.82 Å². The van der Waals surface area contributed by atoms with Crippen LogP contribution in [0.5, 0.6) is 0 Å². The number of halogens is 1. The fourth-order valence-corrected chi connectivity index (χ4v) is 3.83. The average molecular weight is 396 g/mol. The van der Waals surface area contributed by atoms with E-state index < -0.39 is 6.04 Å². The lowest BCUT2D eigenvalue weighted by Gasteiger charge is -2.36. The molecule has 1 saturated heterocycles. The molecule has 2 heterocycles. The zero-order chi connectivity index (χ0) is 19.5. The molecule has 6 nitrogen and oxygen atoms in total. The van der Waals surface area contributed by atoms with Crippen LogP contribution in [-0.2, 0) is 11.2 Å². The normalized spacial score (nSPS) is 15.6. The van der Waals surface area contributed by atoms with Crippen LogP contribution in [0.25, 0.3) is 10.9 Å². The summed E-state index contributed by atoms with van der Waals surface area (Å²) in [4.78, 5) is 25.6. The van der Waals surface area contributed by atoms with Gasteiger partial charge in [-0.2, -0.15) is 0 Å². The van der Waals surface area contributed by atoms with E-state index in [4.69, 9.17) is 17.3 Å². The lowest BCUT2D eigenvalue weighted by Crippen LogP contribution is -2.53. The molecule has 1 amide bonds. The van der Waals surface area contributed by atoms with E-state index in [1.165, 1.54) is 0 Å². The van der Waals surface area contributed by atoms with Crippen molar-refractivity contribution in [2.75, 3.05) is 31.1 Å². The third-order valence-corrected chi connectivity index (χ3v) is 5.31. The maximum atomic E-state index is 12.8. The Hall–Kier alpha value is -2.70. The molecule has 28 heavy (non-hydrogen) atoms. The molecule has 1 atom stereocenters. The van der Waals surface area contributed by atoms with Crippen molar-refractivity contribution in [3.63, 3.8) is 0 Å². The number of carbonyl (C=O) groups excluding carboxylic acids is 1. The molecule has 1 aliphatic rings. The second-order valence-corrected chi connectivity index (χ2v) is 7.40. The van der Waals surface area contributed by atoms with Crippen molar-refractivity contribution in [1.82, 2.24) is 14.9 Å². The molecule has 0 aliphatic carbocycles. The van der Waals surface area contributed by atoms with Crippen LogP contribution in [0.2, 0.25) is 5.02 Å². The van der Waals surface area contributed by atoms with Gasteiger partial charge in [0.25, 0.3) is 0 Å². The van der Waals surface area contributed by atoms with E-state index in [9.17, 15) is 4.79 Å². The molecular formula is C21H22ClN5O. The SMILES string of the molecule is N[C@H](Cc1cccc(Cl)c1)C(=O)N1CCN(c2ncnc3ccccc23)CC1. The number of benzene rings is 2. The summed E-state index contributed by atoms with van der Waals surface area (Å²) in [5, 5.41) is 1.69. The van der Waals surface area contributed by atoms with Gasteiger partial charge in [-0.1, -0.05) is 35.9 Å². The molecule has 4 rings (SSSR count). The quantitative estimate of drug-likeness (QED) is 0.734. The monoisotopic (exact) mass is 395 g/mol. The first kappa shape index (κ1) is 18.7. The molecule has 0 saturated carbocycles. The molecule has 0 unspecified atom stereocenters. The predicted octanol–water partition coefficient (Wildman–Crippen LogP) is 2.50. The number of nitrogens with zero attached hydrogens (tertiary/aromatic N) is 4. The lowest BCUT2D eigenvalue weighted by molar-refractivity contribution is -0.132. The van der Waals surface area contributed by atoms with Gasteiger partial charge < -0.3 is 15.5 Å². The minimum Gasteiger partial charge on any atom is -0.352 e. The van der Waals surface area contributed by atoms with Crippen LogP contribution in [0.15, 0.2) is 54.9 Å². The Morgan fingerprint density at radius 1 is 1.07 bits per heavy atom. The first-order valence-electron chi connectivity index (χ1n) is 9.35. The fraction of sp³-hybridized carbons (Fsp3) is 0.286. The number of carbonyl (C=O) groups is 1. The number of aromatic nitrogens is 2. The molecule has 2 aromatic carbocycles. The van der Waals surface area contributed by atoms with E-state index >= 15 is 0 Å². The lowest BCUT2D eigenvalue weighted by atomic mass is 10.1. The fourth-order valence-electron chi connectivity index (χ4n) is 3.62. The molecule has 0 radical (unpaired) electrons. The Morgan fingerprint density at radius 3 is 2.64 bits per heavy atom. The molecule has 0 spiro atoms. The summed E-state index contributed by atoms with van der Waals surface area (Å²) in [5.74, 6) is 0.896. The van der Waals surface area contributed by atoms with Crippen molar-refractivity contribution >= 4 is 34.2 Å². The highest BCUT2D eigenvalue weighted by molar-refractivity contribution is 6.30. The first-order chi connectivity index (χ1) is 13.6. The number of anilines is 1. The third-order valence-electron chi connectivity index (χ3n) is 5.07. The summed E-state index contributed by atoms with van der Waals surface area (Å²) in [5.41, 5.74) is 8.08. The first-order valence-corrected chi connectivity index (χ1v) is 9.73. The number of rotatable bonds is 4. The number of hydrogen-bond donors (Lipinski definition) is 1. The van der Waals surface area contributed by atoms with Crippen molar-refractivity contribution in [3.8, 4) is 0 Å². The summed E-state index contributed by atoms with van der Waals surface area (Å²) in [7, 11) is 0. The zero-order valence-electron chi connectivity index (χ0n) is 15.5. The predicted molar refractivity (Wildman–Crippen MR) is 111 cm³/mol. The molecular weight excluding hydrogens is 374 g/mol. The smallest absolute Gasteiger partial charge is 0.239 e. The Morgan fingerprint density at radius 2 is 1.86 bits per heavy atom. The van der Waals surface area contributed by atoms with Gasteiger partial charge >= 0.3 is 0 Å². The van der Waals surface area contributed by atoms with E-state index in [1.54, 1.807) is 6.33 Å². The Labute approximate surface area is 168 Å². The van der Waals surface area contributed by atoms with Gasteiger partial charge in [0.2, 0.25) is 5.91 Å². The van der Waals surface area contributed by atoms with Crippen LogP contribution < -0.4 is 10.6 Å². The highest BCUT2D eigenvalue weighted by Crippen LogP contribution is 2.23. The van der Waals surface area contributed by atoms with Gasteiger partial charge in [-0.05, 0) is 36.2 Å². The molecule has 2 N–H and O–H groups in total. The standard InChI is InChI=1S/C21H22ClN5O/c22-16-5-3-4-15(12-16)13-18(23)21(28)27-10-8-26(9-11-27)20-17-6-1-2-7-19(17)24-14-25-20/h1-7,12,14,18H,8-11,13,23H2/t18-/m1/s1. The van der Waals surface area contributed by atoms with Crippen LogP contribution in [0, 0.1) is 0 Å². The molecule has 1 fully saturated rings. The van der Waals surface area contributed by atoms with E-state index in [0.717, 1.165) is 35.4 Å². The van der Waals surface area contributed by atoms with Crippen LogP contribution in [0.1, 0.15) is 5.56 Å². The van der Waals surface area contributed by atoms with Gasteiger partial charge in [0.1, 0.15) is 12.1 Å². The second-order valence-electron chi connectivity index (χ2n) is 6.97. The zero-order valence-corrected chi connectivity index (χ0v) is 16.2. The summed E-state index contributed by atoms with van der Waals surface area (Å²) in [6.45, 7) is 2.69.